The summed E-state index contributed by atoms with van der Waals surface area (Å²) in [7, 11) is -3.70. The Bertz CT molecular complexity index is 1510. The van der Waals surface area contributed by atoms with E-state index in [0.29, 0.717) is 17.7 Å². The molecule has 0 unspecified atom stereocenters. The molecule has 3 aliphatic rings. The van der Waals surface area contributed by atoms with Crippen LogP contribution in [0, 0.1) is 11.3 Å². The quantitative estimate of drug-likeness (QED) is 0.416. The molecule has 208 valence electrons. The van der Waals surface area contributed by atoms with Gasteiger partial charge in [-0.25, -0.2) is 9.36 Å². The van der Waals surface area contributed by atoms with Crippen LogP contribution in [0.4, 0.5) is 0 Å². The van der Waals surface area contributed by atoms with Crippen molar-refractivity contribution in [1.29, 1.82) is 0 Å². The van der Waals surface area contributed by atoms with Crippen molar-refractivity contribution >= 4 is 15.9 Å². The van der Waals surface area contributed by atoms with Crippen LogP contribution >= 0.6 is 0 Å². The Labute approximate surface area is 226 Å². The zero-order chi connectivity index (χ0) is 27.7. The number of Topliss-reactive ketones (excluding diaryl/α,β-unsaturated/α-hetero) is 1. The van der Waals surface area contributed by atoms with E-state index >= 15 is 0 Å². The normalized spacial score (nSPS) is 29.4. The molecular weight excluding hydrogens is 526 g/mol. The van der Waals surface area contributed by atoms with Crippen molar-refractivity contribution in [2.75, 3.05) is 12.9 Å². The van der Waals surface area contributed by atoms with Crippen LogP contribution in [0.3, 0.4) is 0 Å². The number of para-hydroxylation sites is 1. The maximum atomic E-state index is 13.1. The maximum absolute atomic E-state index is 13.1. The van der Waals surface area contributed by atoms with E-state index in [2.05, 4.69) is 15.4 Å². The fourth-order valence-electron chi connectivity index (χ4n) is 5.86. The summed E-state index contributed by atoms with van der Waals surface area (Å²) < 4.78 is 50.4. The number of fused-ring (bicyclic) bond motifs is 2. The molecule has 4 heterocycles. The van der Waals surface area contributed by atoms with Crippen molar-refractivity contribution in [3.63, 3.8) is 0 Å². The molecule has 13 heteroatoms. The lowest BCUT2D eigenvalue weighted by molar-refractivity contribution is -0.212. The summed E-state index contributed by atoms with van der Waals surface area (Å²) >= 11 is 0. The van der Waals surface area contributed by atoms with E-state index in [0.717, 1.165) is 17.6 Å². The number of ether oxygens (including phenoxy) is 3. The second-order valence-corrected chi connectivity index (χ2v) is 13.1. The highest BCUT2D eigenvalue weighted by Gasteiger charge is 2.56. The fourth-order valence-corrected chi connectivity index (χ4v) is 6.26. The third kappa shape index (κ3) is 4.72. The van der Waals surface area contributed by atoms with Crippen LogP contribution in [0.2, 0.25) is 0 Å². The van der Waals surface area contributed by atoms with Gasteiger partial charge in [0.05, 0.1) is 42.2 Å². The third-order valence-corrected chi connectivity index (χ3v) is 8.03. The maximum Gasteiger partial charge on any atom is 0.264 e. The first-order valence-corrected chi connectivity index (χ1v) is 14.6. The molecule has 0 N–H and O–H groups in total. The van der Waals surface area contributed by atoms with Crippen LogP contribution in [0.25, 0.3) is 5.69 Å². The average molecular weight is 558 g/mol. The van der Waals surface area contributed by atoms with Crippen molar-refractivity contribution in [1.82, 2.24) is 24.8 Å². The van der Waals surface area contributed by atoms with Gasteiger partial charge in [-0.15, -0.1) is 5.10 Å². The van der Waals surface area contributed by atoms with E-state index in [4.69, 9.17) is 18.4 Å². The lowest BCUT2D eigenvalue weighted by Crippen LogP contribution is -2.37. The second kappa shape index (κ2) is 9.03. The molecule has 2 saturated heterocycles. The molecule has 0 spiro atoms. The van der Waals surface area contributed by atoms with Crippen molar-refractivity contribution in [3.8, 4) is 5.69 Å². The molecule has 0 saturated carbocycles. The summed E-state index contributed by atoms with van der Waals surface area (Å²) in [6.07, 6.45) is 2.76. The first-order valence-electron chi connectivity index (χ1n) is 12.8. The Morgan fingerprint density at radius 3 is 2.59 bits per heavy atom. The molecule has 0 amide bonds. The van der Waals surface area contributed by atoms with Crippen LogP contribution in [-0.2, 0) is 28.5 Å². The number of hydrogen-bond acceptors (Lipinski definition) is 10. The van der Waals surface area contributed by atoms with Gasteiger partial charge < -0.3 is 14.2 Å². The molecule has 2 aromatic heterocycles. The van der Waals surface area contributed by atoms with Gasteiger partial charge in [0.25, 0.3) is 10.1 Å². The molecule has 1 aromatic carbocycles. The SMILES string of the molecule is CC1(C)O[C@H]2O[C@H](c3cn([C@@H]4c5c(cnn5-c5ccccc5)C(=O)CC4(C)C)nn3)[C@@H](COS(C)(=O)=O)[C@H]2O1. The number of rotatable bonds is 6. The van der Waals surface area contributed by atoms with E-state index in [9.17, 15) is 13.2 Å². The Morgan fingerprint density at radius 2 is 1.87 bits per heavy atom. The van der Waals surface area contributed by atoms with E-state index in [-0.39, 0.29) is 18.4 Å². The number of ketones is 1. The van der Waals surface area contributed by atoms with E-state index in [1.54, 1.807) is 35.6 Å². The van der Waals surface area contributed by atoms with E-state index < -0.39 is 45.7 Å². The van der Waals surface area contributed by atoms with Gasteiger partial charge in [-0.2, -0.15) is 13.5 Å². The third-order valence-electron chi connectivity index (χ3n) is 7.46. The highest BCUT2D eigenvalue weighted by Crippen LogP contribution is 2.49. The summed E-state index contributed by atoms with van der Waals surface area (Å²) in [5, 5.41) is 13.5. The number of nitrogens with zero attached hydrogens (tertiary/aromatic N) is 5. The highest BCUT2D eigenvalue weighted by atomic mass is 32.2. The Hall–Kier alpha value is -2.97. The number of carbonyl (C=O) groups excluding carboxylic acids is 1. The van der Waals surface area contributed by atoms with Gasteiger partial charge >= 0.3 is 0 Å². The van der Waals surface area contributed by atoms with Gasteiger partial charge in [0.1, 0.15) is 23.9 Å². The summed E-state index contributed by atoms with van der Waals surface area (Å²) in [5.74, 6) is -1.37. The minimum atomic E-state index is -3.70. The topological polar surface area (TPSA) is 137 Å². The number of benzene rings is 1. The molecule has 3 aromatic rings. The Morgan fingerprint density at radius 1 is 1.13 bits per heavy atom. The van der Waals surface area contributed by atoms with Crippen LogP contribution in [-0.4, -0.2) is 70.0 Å². The fraction of sp³-hybridized carbons (Fsp3) is 0.538. The molecule has 2 fully saturated rings. The lowest BCUT2D eigenvalue weighted by atomic mass is 9.72. The Balaban J connectivity index is 1.38. The first-order chi connectivity index (χ1) is 18.3. The predicted octanol–water partition coefficient (Wildman–Crippen LogP) is 2.81. The van der Waals surface area contributed by atoms with Gasteiger partial charge in [0.15, 0.2) is 17.9 Å². The standard InChI is InChI=1S/C26H31N5O7S/c1-25(2)11-19(32)16-12-27-31(15-9-7-6-8-10-15)20(16)23(25)30-13-18(28-29-30)21-17(14-35-39(5,33)34)22-24(36-21)38-26(3,4)37-22/h6-10,12-13,17,21-24H,11,14H2,1-5H3/t17-,21+,22-,23-,24-/m1/s1. The molecule has 0 radical (unpaired) electrons. The Kier molecular flexibility index (Phi) is 6.08. The van der Waals surface area contributed by atoms with Gasteiger partial charge in [0.2, 0.25) is 0 Å². The van der Waals surface area contributed by atoms with Crippen molar-refractivity contribution in [2.45, 2.75) is 64.4 Å². The van der Waals surface area contributed by atoms with Gasteiger partial charge in [-0.05, 0) is 26.0 Å². The van der Waals surface area contributed by atoms with Crippen molar-refractivity contribution in [3.05, 3.63) is 59.7 Å². The minimum Gasteiger partial charge on any atom is -0.341 e. The largest absolute Gasteiger partial charge is 0.341 e. The van der Waals surface area contributed by atoms with Gasteiger partial charge in [0, 0.05) is 17.8 Å². The van der Waals surface area contributed by atoms with Crippen LogP contribution in [0.1, 0.15) is 68.0 Å². The van der Waals surface area contributed by atoms with Crippen LogP contribution in [0.5, 0.6) is 0 Å². The molecule has 1 aliphatic carbocycles. The molecular formula is C26H31N5O7S. The van der Waals surface area contributed by atoms with Crippen LogP contribution < -0.4 is 0 Å². The number of carbonyl (C=O) groups is 1. The first kappa shape index (κ1) is 26.3. The molecule has 5 atom stereocenters. The summed E-state index contributed by atoms with van der Waals surface area (Å²) in [5.41, 5.74) is 2.08. The monoisotopic (exact) mass is 557 g/mol. The van der Waals surface area contributed by atoms with Gasteiger partial charge in [-0.1, -0.05) is 37.3 Å². The molecule has 6 rings (SSSR count). The molecule has 2 aliphatic heterocycles. The molecule has 39 heavy (non-hydrogen) atoms. The summed E-state index contributed by atoms with van der Waals surface area (Å²) in [4.78, 5) is 13.1. The smallest absolute Gasteiger partial charge is 0.264 e. The number of aromatic nitrogens is 5. The van der Waals surface area contributed by atoms with Crippen LogP contribution in [0.15, 0.2) is 42.7 Å². The van der Waals surface area contributed by atoms with E-state index in [1.807, 2.05) is 44.2 Å². The van der Waals surface area contributed by atoms with Crippen molar-refractivity contribution < 1.29 is 31.6 Å². The molecule has 12 nitrogen and oxygen atoms in total. The van der Waals surface area contributed by atoms with Crippen molar-refractivity contribution in [2.24, 2.45) is 11.3 Å². The summed E-state index contributed by atoms with van der Waals surface area (Å²) in [6.45, 7) is 7.42. The van der Waals surface area contributed by atoms with Gasteiger partial charge in [-0.3, -0.25) is 8.98 Å². The number of hydrogen-bond donors (Lipinski definition) is 0. The molecule has 0 bridgehead atoms. The minimum absolute atomic E-state index is 0.0237. The second-order valence-electron chi connectivity index (χ2n) is 11.5. The average Bonchev–Trinajstić information content (AvgIpc) is 3.60. The zero-order valence-corrected chi connectivity index (χ0v) is 23.2. The lowest BCUT2D eigenvalue weighted by Gasteiger charge is -2.37. The highest BCUT2D eigenvalue weighted by molar-refractivity contribution is 7.85. The predicted molar refractivity (Wildman–Crippen MR) is 136 cm³/mol. The summed E-state index contributed by atoms with van der Waals surface area (Å²) in [6, 6.07) is 9.25. The zero-order valence-electron chi connectivity index (χ0n) is 22.3. The van der Waals surface area contributed by atoms with E-state index in [1.165, 1.54) is 0 Å².